The SMILES string of the molecule is CC[C@@]1(C(=O)O)[C@H](c2ccccc2F)[C@@H]1c1cc(Cl)c2c(c1)OCCO2. The Bertz CT molecular complexity index is 884. The molecule has 0 saturated heterocycles. The van der Waals surface area contributed by atoms with Gasteiger partial charge in [0.25, 0.3) is 0 Å². The Hall–Kier alpha value is -2.27. The Morgan fingerprint density at radius 1 is 1.27 bits per heavy atom. The van der Waals surface area contributed by atoms with E-state index in [1.165, 1.54) is 6.07 Å². The van der Waals surface area contributed by atoms with Gasteiger partial charge < -0.3 is 14.6 Å². The van der Waals surface area contributed by atoms with Gasteiger partial charge in [-0.3, -0.25) is 4.79 Å². The van der Waals surface area contributed by atoms with Crippen LogP contribution in [0.4, 0.5) is 4.39 Å². The molecule has 2 aromatic carbocycles. The Morgan fingerprint density at radius 2 is 2.00 bits per heavy atom. The van der Waals surface area contributed by atoms with Crippen molar-refractivity contribution >= 4 is 17.6 Å². The number of benzene rings is 2. The van der Waals surface area contributed by atoms with Crippen LogP contribution in [0.3, 0.4) is 0 Å². The van der Waals surface area contributed by atoms with Crippen molar-refractivity contribution < 1.29 is 23.8 Å². The first kappa shape index (κ1) is 17.2. The van der Waals surface area contributed by atoms with Crippen LogP contribution in [-0.2, 0) is 4.79 Å². The average molecular weight is 377 g/mol. The number of hydrogen-bond acceptors (Lipinski definition) is 3. The molecule has 0 spiro atoms. The zero-order valence-corrected chi connectivity index (χ0v) is 14.9. The van der Waals surface area contributed by atoms with Crippen LogP contribution in [0.1, 0.15) is 36.3 Å². The van der Waals surface area contributed by atoms with Crippen LogP contribution in [0.2, 0.25) is 5.02 Å². The maximum Gasteiger partial charge on any atom is 0.310 e. The van der Waals surface area contributed by atoms with Crippen LogP contribution in [0, 0.1) is 11.2 Å². The van der Waals surface area contributed by atoms with Crippen molar-refractivity contribution in [3.05, 3.63) is 58.4 Å². The van der Waals surface area contributed by atoms with Gasteiger partial charge >= 0.3 is 5.97 Å². The van der Waals surface area contributed by atoms with Crippen LogP contribution >= 0.6 is 11.6 Å². The summed E-state index contributed by atoms with van der Waals surface area (Å²) >= 11 is 6.33. The summed E-state index contributed by atoms with van der Waals surface area (Å²) in [7, 11) is 0. The first-order valence-corrected chi connectivity index (χ1v) is 8.95. The smallest absolute Gasteiger partial charge is 0.310 e. The van der Waals surface area contributed by atoms with Gasteiger partial charge in [0.2, 0.25) is 0 Å². The van der Waals surface area contributed by atoms with E-state index < -0.39 is 17.3 Å². The number of aliphatic carboxylic acids is 1. The van der Waals surface area contributed by atoms with Gasteiger partial charge in [0.1, 0.15) is 19.0 Å². The van der Waals surface area contributed by atoms with E-state index in [1.807, 2.05) is 6.92 Å². The van der Waals surface area contributed by atoms with E-state index in [0.717, 1.165) is 5.56 Å². The molecule has 2 aliphatic rings. The zero-order valence-electron chi connectivity index (χ0n) is 14.2. The highest BCUT2D eigenvalue weighted by Crippen LogP contribution is 2.73. The van der Waals surface area contributed by atoms with Gasteiger partial charge in [0.05, 0.1) is 10.4 Å². The minimum atomic E-state index is -1.06. The molecule has 1 aliphatic heterocycles. The lowest BCUT2D eigenvalue weighted by molar-refractivity contribution is -0.143. The Morgan fingerprint density at radius 3 is 2.69 bits per heavy atom. The summed E-state index contributed by atoms with van der Waals surface area (Å²) in [6.45, 7) is 2.65. The molecule has 0 amide bonds. The highest BCUT2D eigenvalue weighted by molar-refractivity contribution is 6.32. The minimum absolute atomic E-state index is 0.379. The maximum atomic E-state index is 14.4. The van der Waals surface area contributed by atoms with Crippen molar-refractivity contribution in [3.63, 3.8) is 0 Å². The van der Waals surface area contributed by atoms with Crippen molar-refractivity contribution in [3.8, 4) is 11.5 Å². The molecule has 0 bridgehead atoms. The van der Waals surface area contributed by atoms with E-state index in [-0.39, 0.29) is 11.7 Å². The molecular formula is C20H18ClFO4. The molecule has 0 aromatic heterocycles. The number of hydrogen-bond donors (Lipinski definition) is 1. The molecule has 3 atom stereocenters. The summed E-state index contributed by atoms with van der Waals surface area (Å²) in [5.41, 5.74) is 0.0967. The average Bonchev–Trinajstić information content (AvgIpc) is 3.32. The standard InChI is InChI=1S/C20H18ClFO4/c1-2-20(19(23)24)16(17(20)12-5-3-4-6-14(12)22)11-9-13(21)18-15(10-11)25-7-8-26-18/h3-6,9-10,16-17H,2,7-8H2,1H3,(H,23,24)/t16-,17+,20-/m0/s1. The number of fused-ring (bicyclic) bond motifs is 1. The summed E-state index contributed by atoms with van der Waals surface area (Å²) in [4.78, 5) is 12.2. The van der Waals surface area contributed by atoms with Gasteiger partial charge in [0, 0.05) is 11.8 Å². The topological polar surface area (TPSA) is 55.8 Å². The van der Waals surface area contributed by atoms with Gasteiger partial charge in [-0.1, -0.05) is 36.7 Å². The van der Waals surface area contributed by atoms with Crippen molar-refractivity contribution in [1.82, 2.24) is 0 Å². The number of halogens is 2. The Kier molecular flexibility index (Phi) is 4.07. The van der Waals surface area contributed by atoms with E-state index >= 15 is 0 Å². The molecule has 0 unspecified atom stereocenters. The van der Waals surface area contributed by atoms with Crippen molar-refractivity contribution in [2.24, 2.45) is 5.41 Å². The molecule has 136 valence electrons. The highest BCUT2D eigenvalue weighted by Gasteiger charge is 2.70. The van der Waals surface area contributed by atoms with Crippen LogP contribution in [-0.4, -0.2) is 24.3 Å². The van der Waals surface area contributed by atoms with Crippen LogP contribution < -0.4 is 9.47 Å². The van der Waals surface area contributed by atoms with Gasteiger partial charge in [-0.05, 0) is 35.7 Å². The summed E-state index contributed by atoms with van der Waals surface area (Å²) in [6.07, 6.45) is 0.387. The second-order valence-corrected chi connectivity index (χ2v) is 7.11. The molecule has 26 heavy (non-hydrogen) atoms. The van der Waals surface area contributed by atoms with Crippen LogP contribution in [0.15, 0.2) is 36.4 Å². The summed E-state index contributed by atoms with van der Waals surface area (Å²) in [5, 5.41) is 10.3. The number of ether oxygens (including phenoxy) is 2. The fourth-order valence-corrected chi connectivity index (χ4v) is 4.56. The molecule has 6 heteroatoms. The number of carboxylic acids is 1. The molecule has 1 saturated carbocycles. The second-order valence-electron chi connectivity index (χ2n) is 6.70. The number of carboxylic acid groups (broad SMARTS) is 1. The fourth-order valence-electron chi connectivity index (χ4n) is 4.28. The monoisotopic (exact) mass is 376 g/mol. The highest BCUT2D eigenvalue weighted by atomic mass is 35.5. The first-order valence-electron chi connectivity index (χ1n) is 8.57. The Balaban J connectivity index is 1.83. The first-order chi connectivity index (χ1) is 12.5. The summed E-state index contributed by atoms with van der Waals surface area (Å²) in [6, 6.07) is 9.85. The largest absolute Gasteiger partial charge is 0.486 e. The molecule has 1 fully saturated rings. The van der Waals surface area contributed by atoms with Crippen molar-refractivity contribution in [1.29, 1.82) is 0 Å². The lowest BCUT2D eigenvalue weighted by Crippen LogP contribution is -2.18. The predicted molar refractivity (Wildman–Crippen MR) is 94.7 cm³/mol. The predicted octanol–water partition coefficient (Wildman–Crippen LogP) is 4.61. The van der Waals surface area contributed by atoms with Gasteiger partial charge in [0.15, 0.2) is 11.5 Å². The lowest BCUT2D eigenvalue weighted by atomic mass is 9.94. The molecule has 1 aliphatic carbocycles. The molecule has 4 rings (SSSR count). The molecule has 0 radical (unpaired) electrons. The molecule has 2 aromatic rings. The second kappa shape index (κ2) is 6.16. The zero-order chi connectivity index (χ0) is 18.5. The molecular weight excluding hydrogens is 359 g/mol. The molecule has 1 heterocycles. The fraction of sp³-hybridized carbons (Fsp3) is 0.350. The maximum absolute atomic E-state index is 14.4. The van der Waals surface area contributed by atoms with Crippen LogP contribution in [0.25, 0.3) is 0 Å². The van der Waals surface area contributed by atoms with Crippen molar-refractivity contribution in [2.45, 2.75) is 25.2 Å². The quantitative estimate of drug-likeness (QED) is 0.846. The van der Waals surface area contributed by atoms with E-state index in [1.54, 1.807) is 30.3 Å². The van der Waals surface area contributed by atoms with E-state index in [4.69, 9.17) is 21.1 Å². The van der Waals surface area contributed by atoms with Gasteiger partial charge in [-0.2, -0.15) is 0 Å². The summed E-state index contributed by atoms with van der Waals surface area (Å²) < 4.78 is 25.6. The Labute approximate surface area is 155 Å². The number of rotatable bonds is 4. The van der Waals surface area contributed by atoms with Gasteiger partial charge in [-0.15, -0.1) is 0 Å². The lowest BCUT2D eigenvalue weighted by Gasteiger charge is -2.20. The van der Waals surface area contributed by atoms with E-state index in [9.17, 15) is 14.3 Å². The van der Waals surface area contributed by atoms with Gasteiger partial charge in [-0.25, -0.2) is 4.39 Å². The van der Waals surface area contributed by atoms with E-state index in [0.29, 0.717) is 41.7 Å². The third-order valence-electron chi connectivity index (χ3n) is 5.54. The molecule has 4 nitrogen and oxygen atoms in total. The minimum Gasteiger partial charge on any atom is -0.486 e. The van der Waals surface area contributed by atoms with E-state index in [2.05, 4.69) is 0 Å². The summed E-state index contributed by atoms with van der Waals surface area (Å²) in [5.74, 6) is -1.16. The number of carbonyl (C=O) groups is 1. The third kappa shape index (κ3) is 2.37. The third-order valence-corrected chi connectivity index (χ3v) is 5.82. The normalized spacial score (nSPS) is 26.4. The molecule has 1 N–H and O–H groups in total. The van der Waals surface area contributed by atoms with Crippen molar-refractivity contribution in [2.75, 3.05) is 13.2 Å². The van der Waals surface area contributed by atoms with Crippen LogP contribution in [0.5, 0.6) is 11.5 Å².